The van der Waals surface area contributed by atoms with Crippen LogP contribution in [-0.4, -0.2) is 34.5 Å². The Hall–Kier alpha value is -1.78. The molecule has 1 fully saturated rings. The van der Waals surface area contributed by atoms with Crippen molar-refractivity contribution in [2.75, 3.05) is 6.54 Å². The van der Waals surface area contributed by atoms with E-state index in [0.717, 1.165) is 12.8 Å². The highest BCUT2D eigenvalue weighted by Crippen LogP contribution is 2.28. The number of furan rings is 1. The fourth-order valence-corrected chi connectivity index (χ4v) is 1.45. The number of carbonyl (C=O) groups is 2. The van der Waals surface area contributed by atoms with Crippen LogP contribution in [-0.2, 0) is 4.79 Å². The lowest BCUT2D eigenvalue weighted by atomic mass is 10.3. The Morgan fingerprint density at radius 1 is 1.53 bits per heavy atom. The highest BCUT2D eigenvalue weighted by Gasteiger charge is 2.34. The minimum atomic E-state index is -0.987. The van der Waals surface area contributed by atoms with Crippen molar-refractivity contribution in [2.24, 2.45) is 0 Å². The van der Waals surface area contributed by atoms with Crippen LogP contribution in [0.5, 0.6) is 0 Å². The number of amides is 1. The van der Waals surface area contributed by atoms with Gasteiger partial charge in [0.25, 0.3) is 5.91 Å². The summed E-state index contributed by atoms with van der Waals surface area (Å²) in [5.41, 5.74) is 0.406. The van der Waals surface area contributed by atoms with Gasteiger partial charge in [0.05, 0.1) is 11.8 Å². The van der Waals surface area contributed by atoms with Crippen LogP contribution >= 0.6 is 0 Å². The van der Waals surface area contributed by atoms with Crippen molar-refractivity contribution in [3.05, 3.63) is 24.2 Å². The van der Waals surface area contributed by atoms with E-state index in [2.05, 4.69) is 0 Å². The van der Waals surface area contributed by atoms with Crippen LogP contribution in [0.1, 0.15) is 23.2 Å². The van der Waals surface area contributed by atoms with Gasteiger partial charge in [0.2, 0.25) is 0 Å². The lowest BCUT2D eigenvalue weighted by Gasteiger charge is -2.18. The highest BCUT2D eigenvalue weighted by atomic mass is 16.4. The number of carboxylic acid groups (broad SMARTS) is 1. The Morgan fingerprint density at radius 3 is 2.73 bits per heavy atom. The molecule has 80 valence electrons. The second kappa shape index (κ2) is 3.76. The summed E-state index contributed by atoms with van der Waals surface area (Å²) in [5, 5.41) is 8.69. The van der Waals surface area contributed by atoms with Gasteiger partial charge in [0, 0.05) is 6.04 Å². The summed E-state index contributed by atoms with van der Waals surface area (Å²) < 4.78 is 4.80. The molecule has 2 rings (SSSR count). The fourth-order valence-electron chi connectivity index (χ4n) is 1.45. The first-order valence-electron chi connectivity index (χ1n) is 4.73. The molecule has 1 aliphatic rings. The molecule has 5 heteroatoms. The number of nitrogens with zero attached hydrogens (tertiary/aromatic N) is 1. The number of hydrogen-bond donors (Lipinski definition) is 1. The van der Waals surface area contributed by atoms with Gasteiger partial charge in [0.1, 0.15) is 12.8 Å². The molecule has 1 saturated carbocycles. The molecule has 1 N–H and O–H groups in total. The summed E-state index contributed by atoms with van der Waals surface area (Å²) in [4.78, 5) is 23.8. The Labute approximate surface area is 86.3 Å². The lowest BCUT2D eigenvalue weighted by Crippen LogP contribution is -2.37. The number of rotatable bonds is 4. The second-order valence-electron chi connectivity index (χ2n) is 3.57. The molecule has 1 aliphatic carbocycles. The van der Waals surface area contributed by atoms with E-state index in [0.29, 0.717) is 5.56 Å². The summed E-state index contributed by atoms with van der Waals surface area (Å²) in [7, 11) is 0. The largest absolute Gasteiger partial charge is 0.480 e. The van der Waals surface area contributed by atoms with E-state index in [-0.39, 0.29) is 18.5 Å². The molecule has 0 aromatic carbocycles. The maximum atomic E-state index is 11.8. The van der Waals surface area contributed by atoms with E-state index in [1.54, 1.807) is 6.07 Å². The van der Waals surface area contributed by atoms with Crippen LogP contribution in [0.15, 0.2) is 23.0 Å². The molecule has 0 radical (unpaired) electrons. The molecule has 15 heavy (non-hydrogen) atoms. The zero-order valence-corrected chi connectivity index (χ0v) is 8.05. The molecule has 0 bridgehead atoms. The van der Waals surface area contributed by atoms with Crippen LogP contribution in [0, 0.1) is 0 Å². The van der Waals surface area contributed by atoms with Gasteiger partial charge < -0.3 is 14.4 Å². The molecule has 0 spiro atoms. The van der Waals surface area contributed by atoms with Crippen molar-refractivity contribution in [2.45, 2.75) is 18.9 Å². The highest BCUT2D eigenvalue weighted by molar-refractivity contribution is 5.95. The van der Waals surface area contributed by atoms with E-state index in [1.165, 1.54) is 17.4 Å². The first-order chi connectivity index (χ1) is 7.18. The molecule has 0 atom stereocenters. The summed E-state index contributed by atoms with van der Waals surface area (Å²) in [6.07, 6.45) is 4.51. The topological polar surface area (TPSA) is 70.8 Å². The molecule has 5 nitrogen and oxygen atoms in total. The SMILES string of the molecule is O=C(O)CN(C(=O)c1ccoc1)C1CC1. The molecule has 1 amide bonds. The Morgan fingerprint density at radius 2 is 2.27 bits per heavy atom. The van der Waals surface area contributed by atoms with Crippen LogP contribution in [0.4, 0.5) is 0 Å². The van der Waals surface area contributed by atoms with Crippen molar-refractivity contribution in [3.8, 4) is 0 Å². The number of aliphatic carboxylic acids is 1. The first-order valence-corrected chi connectivity index (χ1v) is 4.73. The third-order valence-electron chi connectivity index (χ3n) is 2.32. The predicted octanol–water partition coefficient (Wildman–Crippen LogP) is 0.969. The molecular formula is C10H11NO4. The van der Waals surface area contributed by atoms with Crippen LogP contribution in [0.2, 0.25) is 0 Å². The van der Waals surface area contributed by atoms with Gasteiger partial charge in [-0.05, 0) is 18.9 Å². The summed E-state index contributed by atoms with van der Waals surface area (Å²) >= 11 is 0. The van der Waals surface area contributed by atoms with Crippen LogP contribution in [0.25, 0.3) is 0 Å². The molecule has 0 aliphatic heterocycles. The summed E-state index contributed by atoms with van der Waals surface area (Å²) in [5.74, 6) is -1.26. The monoisotopic (exact) mass is 209 g/mol. The lowest BCUT2D eigenvalue weighted by molar-refractivity contribution is -0.137. The third-order valence-corrected chi connectivity index (χ3v) is 2.32. The number of carbonyl (C=O) groups excluding carboxylic acids is 1. The smallest absolute Gasteiger partial charge is 0.323 e. The maximum Gasteiger partial charge on any atom is 0.323 e. The van der Waals surface area contributed by atoms with Gasteiger partial charge in [-0.2, -0.15) is 0 Å². The normalized spacial score (nSPS) is 14.9. The van der Waals surface area contributed by atoms with Crippen molar-refractivity contribution >= 4 is 11.9 Å². The Balaban J connectivity index is 2.10. The first kappa shape index (κ1) is 9.76. The Kier molecular flexibility index (Phi) is 2.45. The van der Waals surface area contributed by atoms with Gasteiger partial charge >= 0.3 is 5.97 Å². The van der Waals surface area contributed by atoms with Crippen molar-refractivity contribution in [1.82, 2.24) is 4.90 Å². The molecule has 0 saturated heterocycles. The average molecular weight is 209 g/mol. The molecule has 1 heterocycles. The van der Waals surface area contributed by atoms with E-state index < -0.39 is 5.97 Å². The zero-order chi connectivity index (χ0) is 10.8. The van der Waals surface area contributed by atoms with E-state index in [4.69, 9.17) is 9.52 Å². The summed E-state index contributed by atoms with van der Waals surface area (Å²) in [6, 6.07) is 1.63. The van der Waals surface area contributed by atoms with Gasteiger partial charge in [-0.25, -0.2) is 0 Å². The maximum absolute atomic E-state index is 11.8. The third kappa shape index (κ3) is 2.18. The number of hydrogen-bond acceptors (Lipinski definition) is 3. The van der Waals surface area contributed by atoms with Crippen molar-refractivity contribution in [3.63, 3.8) is 0 Å². The minimum absolute atomic E-state index is 0.0866. The van der Waals surface area contributed by atoms with Crippen molar-refractivity contribution in [1.29, 1.82) is 0 Å². The van der Waals surface area contributed by atoms with Gasteiger partial charge in [-0.15, -0.1) is 0 Å². The predicted molar refractivity (Wildman–Crippen MR) is 50.4 cm³/mol. The fraction of sp³-hybridized carbons (Fsp3) is 0.400. The molecule has 0 unspecified atom stereocenters. The van der Waals surface area contributed by atoms with Crippen molar-refractivity contribution < 1.29 is 19.1 Å². The molecule has 1 aromatic rings. The Bertz CT molecular complexity index is 367. The van der Waals surface area contributed by atoms with E-state index in [1.807, 2.05) is 0 Å². The number of carboxylic acids is 1. The van der Waals surface area contributed by atoms with Gasteiger partial charge in [0.15, 0.2) is 0 Å². The van der Waals surface area contributed by atoms with E-state index >= 15 is 0 Å². The van der Waals surface area contributed by atoms with Gasteiger partial charge in [-0.3, -0.25) is 9.59 Å². The quantitative estimate of drug-likeness (QED) is 0.802. The average Bonchev–Trinajstić information content (AvgIpc) is 2.88. The van der Waals surface area contributed by atoms with Gasteiger partial charge in [-0.1, -0.05) is 0 Å². The summed E-state index contributed by atoms with van der Waals surface area (Å²) in [6.45, 7) is -0.241. The standard InChI is InChI=1S/C10H11NO4/c12-9(13)5-11(8-1-2-8)10(14)7-3-4-15-6-7/h3-4,6,8H,1-2,5H2,(H,12,13). The second-order valence-corrected chi connectivity index (χ2v) is 3.57. The van der Waals surface area contributed by atoms with Crippen LogP contribution in [0.3, 0.4) is 0 Å². The van der Waals surface area contributed by atoms with Crippen LogP contribution < -0.4 is 0 Å². The zero-order valence-electron chi connectivity index (χ0n) is 8.05. The van der Waals surface area contributed by atoms with E-state index in [9.17, 15) is 9.59 Å². The molecule has 1 aromatic heterocycles. The minimum Gasteiger partial charge on any atom is -0.480 e. The molecular weight excluding hydrogens is 198 g/mol.